The lowest BCUT2D eigenvalue weighted by Gasteiger charge is -2.29. The van der Waals surface area contributed by atoms with Gasteiger partial charge in [-0.15, -0.1) is 0 Å². The van der Waals surface area contributed by atoms with E-state index in [-0.39, 0.29) is 24.5 Å². The van der Waals surface area contributed by atoms with E-state index < -0.39 is 5.41 Å². The van der Waals surface area contributed by atoms with E-state index in [2.05, 4.69) is 5.32 Å². The zero-order chi connectivity index (χ0) is 16.0. The molecule has 1 unspecified atom stereocenters. The first-order valence-corrected chi connectivity index (χ1v) is 7.39. The van der Waals surface area contributed by atoms with Gasteiger partial charge < -0.3 is 15.2 Å². The zero-order valence-corrected chi connectivity index (χ0v) is 13.6. The fourth-order valence-electron chi connectivity index (χ4n) is 2.20. The third-order valence-electron chi connectivity index (χ3n) is 3.94. The summed E-state index contributed by atoms with van der Waals surface area (Å²) in [5.74, 6) is 1.03. The molecule has 118 valence electrons. The topological polar surface area (TPSA) is 58.6 Å². The van der Waals surface area contributed by atoms with E-state index in [1.54, 1.807) is 7.11 Å². The maximum atomic E-state index is 12.6. The van der Waals surface area contributed by atoms with Crippen LogP contribution in [0.1, 0.15) is 39.7 Å². The Hall–Kier alpha value is -1.55. The van der Waals surface area contributed by atoms with Crippen molar-refractivity contribution in [3.05, 3.63) is 29.8 Å². The highest BCUT2D eigenvalue weighted by Crippen LogP contribution is 2.26. The van der Waals surface area contributed by atoms with Crippen LogP contribution in [0.25, 0.3) is 0 Å². The van der Waals surface area contributed by atoms with Crippen molar-refractivity contribution in [2.45, 2.75) is 45.6 Å². The lowest BCUT2D eigenvalue weighted by Crippen LogP contribution is -2.47. The van der Waals surface area contributed by atoms with Crippen molar-refractivity contribution < 1.29 is 14.6 Å². The third-order valence-corrected chi connectivity index (χ3v) is 3.94. The highest BCUT2D eigenvalue weighted by molar-refractivity contribution is 5.87. The van der Waals surface area contributed by atoms with Gasteiger partial charge in [-0.1, -0.05) is 26.0 Å². The molecule has 0 saturated heterocycles. The molecule has 0 bridgehead atoms. The van der Waals surface area contributed by atoms with Crippen LogP contribution in [0, 0.1) is 5.92 Å². The fourth-order valence-corrected chi connectivity index (χ4v) is 2.20. The van der Waals surface area contributed by atoms with Gasteiger partial charge in [0.1, 0.15) is 5.75 Å². The molecule has 0 radical (unpaired) electrons. The first-order valence-electron chi connectivity index (χ1n) is 7.39. The largest absolute Gasteiger partial charge is 0.497 e. The number of amides is 1. The number of carbonyl (C=O) groups excluding carboxylic acids is 1. The van der Waals surface area contributed by atoms with Crippen molar-refractivity contribution in [3.63, 3.8) is 0 Å². The van der Waals surface area contributed by atoms with E-state index in [4.69, 9.17) is 9.84 Å². The molecule has 1 aromatic carbocycles. The Morgan fingerprint density at radius 2 is 1.86 bits per heavy atom. The molecule has 4 nitrogen and oxygen atoms in total. The van der Waals surface area contributed by atoms with E-state index in [1.807, 2.05) is 52.0 Å². The van der Waals surface area contributed by atoms with Crippen LogP contribution < -0.4 is 10.1 Å². The number of benzene rings is 1. The summed E-state index contributed by atoms with van der Waals surface area (Å²) in [7, 11) is 1.62. The van der Waals surface area contributed by atoms with Crippen molar-refractivity contribution in [2.24, 2.45) is 5.92 Å². The summed E-state index contributed by atoms with van der Waals surface area (Å²) in [6.45, 7) is 7.97. The summed E-state index contributed by atoms with van der Waals surface area (Å²) in [5, 5.41) is 12.2. The Labute approximate surface area is 127 Å². The molecule has 0 aliphatic heterocycles. The number of carbonyl (C=O) groups is 1. The molecular weight excluding hydrogens is 266 g/mol. The lowest BCUT2D eigenvalue weighted by atomic mass is 9.83. The van der Waals surface area contributed by atoms with E-state index in [0.717, 1.165) is 11.3 Å². The summed E-state index contributed by atoms with van der Waals surface area (Å²) < 4.78 is 5.14. The molecule has 0 aliphatic rings. The highest BCUT2D eigenvalue weighted by Gasteiger charge is 2.31. The minimum absolute atomic E-state index is 0.0139. The standard InChI is InChI=1S/C17H27NO3/c1-12(2)15(10-11-19)18-16(20)17(3,4)13-6-8-14(21-5)9-7-13/h6-9,12,15,19H,10-11H2,1-5H3,(H,18,20). The van der Waals surface area contributed by atoms with Crippen LogP contribution in [0.5, 0.6) is 5.75 Å². The van der Waals surface area contributed by atoms with Crippen molar-refractivity contribution in [1.82, 2.24) is 5.32 Å². The summed E-state index contributed by atoms with van der Waals surface area (Å²) in [6.07, 6.45) is 0.572. The molecule has 0 fully saturated rings. The first-order chi connectivity index (χ1) is 9.82. The molecule has 0 heterocycles. The SMILES string of the molecule is COc1ccc(C(C)(C)C(=O)NC(CCO)C(C)C)cc1. The second-order valence-electron chi connectivity index (χ2n) is 6.19. The summed E-state index contributed by atoms with van der Waals surface area (Å²) in [6, 6.07) is 7.53. The highest BCUT2D eigenvalue weighted by atomic mass is 16.5. The second kappa shape index (κ2) is 7.46. The summed E-state index contributed by atoms with van der Waals surface area (Å²) in [5.41, 5.74) is 0.307. The number of hydrogen-bond donors (Lipinski definition) is 2. The quantitative estimate of drug-likeness (QED) is 0.812. The van der Waals surface area contributed by atoms with Crippen LogP contribution in [-0.4, -0.2) is 30.8 Å². The molecule has 1 rings (SSSR count). The van der Waals surface area contributed by atoms with Gasteiger partial charge >= 0.3 is 0 Å². The van der Waals surface area contributed by atoms with Crippen molar-refractivity contribution in [1.29, 1.82) is 0 Å². The molecule has 0 aliphatic carbocycles. The average molecular weight is 293 g/mol. The van der Waals surface area contributed by atoms with E-state index >= 15 is 0 Å². The molecule has 1 aromatic rings. The number of rotatable bonds is 7. The van der Waals surface area contributed by atoms with Crippen molar-refractivity contribution in [3.8, 4) is 5.75 Å². The molecule has 0 saturated carbocycles. The summed E-state index contributed by atoms with van der Waals surface area (Å²) in [4.78, 5) is 12.6. The number of nitrogens with one attached hydrogen (secondary N) is 1. The maximum absolute atomic E-state index is 12.6. The minimum atomic E-state index is -0.630. The van der Waals surface area contributed by atoms with Gasteiger partial charge in [-0.2, -0.15) is 0 Å². The van der Waals surface area contributed by atoms with E-state index in [1.165, 1.54) is 0 Å². The third kappa shape index (κ3) is 4.46. The predicted octanol–water partition coefficient (Wildman–Crippen LogP) is 2.50. The van der Waals surface area contributed by atoms with Crippen molar-refractivity contribution in [2.75, 3.05) is 13.7 Å². The van der Waals surface area contributed by atoms with Gasteiger partial charge in [0.25, 0.3) is 0 Å². The van der Waals surface area contributed by atoms with Gasteiger partial charge in [0.15, 0.2) is 0 Å². The van der Waals surface area contributed by atoms with Crippen LogP contribution in [0.2, 0.25) is 0 Å². The van der Waals surface area contributed by atoms with E-state index in [0.29, 0.717) is 6.42 Å². The number of aliphatic hydroxyl groups excluding tert-OH is 1. The van der Waals surface area contributed by atoms with Gasteiger partial charge in [-0.3, -0.25) is 4.79 Å². The van der Waals surface area contributed by atoms with Gasteiger partial charge in [0.2, 0.25) is 5.91 Å². The molecule has 0 spiro atoms. The Morgan fingerprint density at radius 1 is 1.29 bits per heavy atom. The normalized spacial score (nSPS) is 13.1. The Balaban J connectivity index is 2.86. The van der Waals surface area contributed by atoms with Gasteiger partial charge in [-0.05, 0) is 43.9 Å². The Morgan fingerprint density at radius 3 is 2.29 bits per heavy atom. The minimum Gasteiger partial charge on any atom is -0.497 e. The Kier molecular flexibility index (Phi) is 6.21. The van der Waals surface area contributed by atoms with Crippen LogP contribution in [0.4, 0.5) is 0 Å². The molecule has 0 aromatic heterocycles. The zero-order valence-electron chi connectivity index (χ0n) is 13.6. The van der Waals surface area contributed by atoms with Crippen LogP contribution in [0.15, 0.2) is 24.3 Å². The molecule has 1 amide bonds. The Bertz CT molecular complexity index is 452. The van der Waals surface area contributed by atoms with Gasteiger partial charge in [0.05, 0.1) is 12.5 Å². The predicted molar refractivity (Wildman–Crippen MR) is 84.5 cm³/mol. The monoisotopic (exact) mass is 293 g/mol. The van der Waals surface area contributed by atoms with Crippen LogP contribution in [0.3, 0.4) is 0 Å². The van der Waals surface area contributed by atoms with Crippen LogP contribution in [-0.2, 0) is 10.2 Å². The molecule has 21 heavy (non-hydrogen) atoms. The second-order valence-corrected chi connectivity index (χ2v) is 6.19. The van der Waals surface area contributed by atoms with Crippen LogP contribution >= 0.6 is 0 Å². The van der Waals surface area contributed by atoms with Gasteiger partial charge in [-0.25, -0.2) is 0 Å². The molecular formula is C17H27NO3. The first kappa shape index (κ1) is 17.5. The smallest absolute Gasteiger partial charge is 0.230 e. The van der Waals surface area contributed by atoms with E-state index in [9.17, 15) is 4.79 Å². The lowest BCUT2D eigenvalue weighted by molar-refractivity contribution is -0.126. The number of aliphatic hydroxyl groups is 1. The summed E-state index contributed by atoms with van der Waals surface area (Å²) >= 11 is 0. The van der Waals surface area contributed by atoms with Crippen molar-refractivity contribution >= 4 is 5.91 Å². The number of ether oxygens (including phenoxy) is 1. The molecule has 1 atom stereocenters. The number of methoxy groups -OCH3 is 1. The number of hydrogen-bond acceptors (Lipinski definition) is 3. The van der Waals surface area contributed by atoms with Gasteiger partial charge in [0, 0.05) is 12.6 Å². The average Bonchev–Trinajstić information content (AvgIpc) is 2.46. The maximum Gasteiger partial charge on any atom is 0.230 e. The molecule has 4 heteroatoms. The molecule has 2 N–H and O–H groups in total. The fraction of sp³-hybridized carbons (Fsp3) is 0.588.